The Balaban J connectivity index is 1.53. The third-order valence-electron chi connectivity index (χ3n) is 6.15. The molecule has 1 amide bonds. The normalized spacial score (nSPS) is 25.8. The first-order valence-electron chi connectivity index (χ1n) is 9.45. The Morgan fingerprint density at radius 3 is 2.85 bits per heavy atom. The number of hydrogen-bond acceptors (Lipinski definition) is 3. The van der Waals surface area contributed by atoms with Crippen molar-refractivity contribution in [2.24, 2.45) is 12.5 Å². The fraction of sp³-hybridized carbons (Fsp3) is 0.550. The third-order valence-corrected chi connectivity index (χ3v) is 6.51. The van der Waals surface area contributed by atoms with E-state index in [1.54, 1.807) is 0 Å². The van der Waals surface area contributed by atoms with Gasteiger partial charge in [0.25, 0.3) is 0 Å². The van der Waals surface area contributed by atoms with Crippen molar-refractivity contribution in [3.63, 3.8) is 0 Å². The lowest BCUT2D eigenvalue weighted by Gasteiger charge is -2.41. The van der Waals surface area contributed by atoms with Crippen LogP contribution in [0.1, 0.15) is 49.1 Å². The Bertz CT molecular complexity index is 886. The number of fused-ring (bicyclic) bond motifs is 1. The molecule has 138 valence electrons. The second-order valence-electron chi connectivity index (χ2n) is 8.04. The molecule has 0 bridgehead atoms. The van der Waals surface area contributed by atoms with Gasteiger partial charge in [-0.25, -0.2) is 0 Å². The summed E-state index contributed by atoms with van der Waals surface area (Å²) in [7, 11) is 1.95. The van der Waals surface area contributed by atoms with Crippen molar-refractivity contribution < 1.29 is 4.79 Å². The summed E-state index contributed by atoms with van der Waals surface area (Å²) in [5, 5.41) is 7.27. The lowest BCUT2D eigenvalue weighted by Crippen LogP contribution is -2.48. The van der Waals surface area contributed by atoms with Crippen LogP contribution in [-0.2, 0) is 24.7 Å². The summed E-state index contributed by atoms with van der Waals surface area (Å²) in [4.78, 5) is 15.5. The molecule has 2 atom stereocenters. The van der Waals surface area contributed by atoms with Gasteiger partial charge in [0.15, 0.2) is 4.77 Å². The average molecular weight is 371 g/mol. The smallest absolute Gasteiger partial charge is 0.228 e. The van der Waals surface area contributed by atoms with E-state index in [9.17, 15) is 4.79 Å². The molecule has 1 fully saturated rings. The van der Waals surface area contributed by atoms with Gasteiger partial charge in [-0.3, -0.25) is 9.89 Å². The van der Waals surface area contributed by atoms with Crippen LogP contribution in [0.25, 0.3) is 0 Å². The molecule has 0 radical (unpaired) electrons. The van der Waals surface area contributed by atoms with Crippen molar-refractivity contribution in [2.45, 2.75) is 44.9 Å². The minimum Gasteiger partial charge on any atom is -0.341 e. The van der Waals surface area contributed by atoms with E-state index in [2.05, 4.69) is 46.3 Å². The summed E-state index contributed by atoms with van der Waals surface area (Å²) >= 11 is 5.25. The maximum Gasteiger partial charge on any atom is 0.228 e. The Kier molecular flexibility index (Phi) is 4.47. The number of aromatic nitrogens is 3. The first-order chi connectivity index (χ1) is 12.5. The maximum absolute atomic E-state index is 13.4. The number of aryl methyl sites for hydroxylation is 1. The van der Waals surface area contributed by atoms with E-state index in [1.165, 1.54) is 11.1 Å². The highest BCUT2D eigenvalue weighted by Crippen LogP contribution is 2.38. The van der Waals surface area contributed by atoms with E-state index in [4.69, 9.17) is 12.2 Å². The molecule has 1 saturated heterocycles. The third kappa shape index (κ3) is 3.00. The minimum absolute atomic E-state index is 0.255. The van der Waals surface area contributed by atoms with Crippen LogP contribution in [0.4, 0.5) is 0 Å². The quantitative estimate of drug-likeness (QED) is 0.825. The van der Waals surface area contributed by atoms with Crippen LogP contribution in [0.5, 0.6) is 0 Å². The molecule has 2 aliphatic rings. The van der Waals surface area contributed by atoms with Crippen LogP contribution in [-0.4, -0.2) is 38.7 Å². The first kappa shape index (κ1) is 17.5. The van der Waals surface area contributed by atoms with Crippen molar-refractivity contribution in [1.82, 2.24) is 19.7 Å². The summed E-state index contributed by atoms with van der Waals surface area (Å²) in [6, 6.07) is 8.54. The lowest BCUT2D eigenvalue weighted by atomic mass is 9.71. The van der Waals surface area contributed by atoms with Gasteiger partial charge >= 0.3 is 0 Å². The second kappa shape index (κ2) is 6.65. The molecule has 0 saturated carbocycles. The predicted molar refractivity (Wildman–Crippen MR) is 104 cm³/mol. The highest BCUT2D eigenvalue weighted by atomic mass is 32.1. The van der Waals surface area contributed by atoms with E-state index in [1.807, 2.05) is 11.6 Å². The van der Waals surface area contributed by atoms with Crippen LogP contribution in [0, 0.1) is 10.2 Å². The average Bonchev–Trinajstić information content (AvgIpc) is 3.00. The standard InChI is InChI=1S/C20H26N4OS/c1-20(10-9-14-6-3-4-7-15(14)12-20)18(25)24-11-5-8-16(13-24)17-21-22-19(26)23(17)2/h3-4,6-7,16H,5,8-13H2,1-2H3,(H,22,26)/t16-,20-/m1/s1. The van der Waals surface area contributed by atoms with Gasteiger partial charge in [0, 0.05) is 26.1 Å². The molecule has 1 N–H and O–H groups in total. The van der Waals surface area contributed by atoms with E-state index < -0.39 is 0 Å². The van der Waals surface area contributed by atoms with Crippen LogP contribution >= 0.6 is 12.2 Å². The summed E-state index contributed by atoms with van der Waals surface area (Å²) < 4.78 is 2.58. The van der Waals surface area contributed by atoms with Crippen molar-refractivity contribution in [3.8, 4) is 0 Å². The molecule has 1 aromatic carbocycles. The fourth-order valence-corrected chi connectivity index (χ4v) is 4.69. The van der Waals surface area contributed by atoms with Gasteiger partial charge in [0.1, 0.15) is 5.82 Å². The minimum atomic E-state index is -0.298. The number of rotatable bonds is 2. The summed E-state index contributed by atoms with van der Waals surface area (Å²) in [5.74, 6) is 1.52. The zero-order valence-electron chi connectivity index (χ0n) is 15.5. The number of nitrogens with one attached hydrogen (secondary N) is 1. The van der Waals surface area contributed by atoms with Crippen molar-refractivity contribution >= 4 is 18.1 Å². The Morgan fingerprint density at radius 1 is 1.35 bits per heavy atom. The molecule has 6 heteroatoms. The molecule has 1 aliphatic carbocycles. The maximum atomic E-state index is 13.4. The van der Waals surface area contributed by atoms with E-state index in [0.29, 0.717) is 10.7 Å². The van der Waals surface area contributed by atoms with Gasteiger partial charge in [-0.15, -0.1) is 0 Å². The van der Waals surface area contributed by atoms with Crippen LogP contribution in [0.2, 0.25) is 0 Å². The van der Waals surface area contributed by atoms with Crippen molar-refractivity contribution in [2.75, 3.05) is 13.1 Å². The van der Waals surface area contributed by atoms with Gasteiger partial charge in [0.05, 0.1) is 5.41 Å². The number of carbonyl (C=O) groups is 1. The number of H-pyrrole nitrogens is 1. The first-order valence-corrected chi connectivity index (χ1v) is 9.86. The zero-order valence-corrected chi connectivity index (χ0v) is 16.3. The number of piperidine rings is 1. The number of nitrogens with zero attached hydrogens (tertiary/aromatic N) is 3. The number of aromatic amines is 1. The molecule has 1 aliphatic heterocycles. The van der Waals surface area contributed by atoms with Crippen molar-refractivity contribution in [3.05, 3.63) is 46.0 Å². The summed E-state index contributed by atoms with van der Waals surface area (Å²) in [6.45, 7) is 3.73. The van der Waals surface area contributed by atoms with Crippen LogP contribution < -0.4 is 0 Å². The topological polar surface area (TPSA) is 53.9 Å². The second-order valence-corrected chi connectivity index (χ2v) is 8.43. The van der Waals surface area contributed by atoms with Crippen LogP contribution in [0.3, 0.4) is 0 Å². The molecule has 0 unspecified atom stereocenters. The van der Waals surface area contributed by atoms with Gasteiger partial charge in [-0.1, -0.05) is 31.2 Å². The number of benzene rings is 1. The Labute approximate surface area is 159 Å². The van der Waals surface area contributed by atoms with Crippen molar-refractivity contribution in [1.29, 1.82) is 0 Å². The highest BCUT2D eigenvalue weighted by molar-refractivity contribution is 7.71. The molecule has 5 nitrogen and oxygen atoms in total. The number of hydrogen-bond donors (Lipinski definition) is 1. The number of amides is 1. The van der Waals surface area contributed by atoms with Crippen LogP contribution in [0.15, 0.2) is 24.3 Å². The molecule has 26 heavy (non-hydrogen) atoms. The Morgan fingerprint density at radius 2 is 2.12 bits per heavy atom. The number of carbonyl (C=O) groups excluding carboxylic acids is 1. The molecule has 1 aromatic heterocycles. The molecule has 0 spiro atoms. The van der Waals surface area contributed by atoms with Gasteiger partial charge in [0.2, 0.25) is 5.91 Å². The summed E-state index contributed by atoms with van der Waals surface area (Å²) in [5.41, 5.74) is 2.43. The zero-order chi connectivity index (χ0) is 18.3. The fourth-order valence-electron chi connectivity index (χ4n) is 4.55. The van der Waals surface area contributed by atoms with Gasteiger partial charge in [-0.2, -0.15) is 5.10 Å². The van der Waals surface area contributed by atoms with Gasteiger partial charge in [-0.05, 0) is 55.4 Å². The monoisotopic (exact) mass is 370 g/mol. The SMILES string of the molecule is Cn1c([C@@H]2CCCN(C(=O)[C@]3(C)CCc4ccccc4C3)C2)n[nH]c1=S. The lowest BCUT2D eigenvalue weighted by molar-refractivity contribution is -0.143. The summed E-state index contributed by atoms with van der Waals surface area (Å²) in [6.07, 6.45) is 4.83. The Hall–Kier alpha value is -1.95. The molecule has 2 heterocycles. The van der Waals surface area contributed by atoms with E-state index in [0.717, 1.165) is 51.0 Å². The number of likely N-dealkylation sites (tertiary alicyclic amines) is 1. The molecule has 2 aromatic rings. The van der Waals surface area contributed by atoms with Gasteiger partial charge < -0.3 is 9.47 Å². The van der Waals surface area contributed by atoms with E-state index in [-0.39, 0.29) is 11.3 Å². The molecular weight excluding hydrogens is 344 g/mol. The highest BCUT2D eigenvalue weighted by Gasteiger charge is 2.41. The van der Waals surface area contributed by atoms with E-state index >= 15 is 0 Å². The largest absolute Gasteiger partial charge is 0.341 e. The predicted octanol–water partition coefficient (Wildman–Crippen LogP) is 3.38. The molecule has 4 rings (SSSR count). The molecular formula is C20H26N4OS.